The number of amides is 1. The van der Waals surface area contributed by atoms with E-state index < -0.39 is 0 Å². The molecule has 0 unspecified atom stereocenters. The molecule has 28 heavy (non-hydrogen) atoms. The fourth-order valence-electron chi connectivity index (χ4n) is 2.94. The first kappa shape index (κ1) is 20.0. The van der Waals surface area contributed by atoms with E-state index >= 15 is 0 Å². The van der Waals surface area contributed by atoms with Crippen LogP contribution in [0.3, 0.4) is 0 Å². The maximum absolute atomic E-state index is 12.6. The van der Waals surface area contributed by atoms with Gasteiger partial charge in [-0.1, -0.05) is 23.8 Å². The Kier molecular flexibility index (Phi) is 6.09. The molecule has 146 valence electrons. The third-order valence-corrected chi connectivity index (χ3v) is 5.71. The number of aromatic nitrogens is 2. The number of benzene rings is 2. The Morgan fingerprint density at radius 3 is 2.43 bits per heavy atom. The molecule has 6 heteroatoms. The number of nitrogens with zero attached hydrogens (tertiary/aromatic N) is 2. The standard InChI is InChI=1S/C22H26N4OS/c1-14-6-10-19(11-7-14)28-25-21-12-18(9-8-15(21)2)22(27)23-13-20-16(3)24-26(5)17(20)4/h6-12,25H,13H2,1-5H3,(H,23,27). The van der Waals surface area contributed by atoms with Gasteiger partial charge in [-0.3, -0.25) is 9.48 Å². The van der Waals surface area contributed by atoms with E-state index in [0.717, 1.165) is 33.1 Å². The van der Waals surface area contributed by atoms with E-state index in [1.807, 2.05) is 50.7 Å². The maximum Gasteiger partial charge on any atom is 0.251 e. The van der Waals surface area contributed by atoms with Gasteiger partial charge in [-0.25, -0.2) is 0 Å². The summed E-state index contributed by atoms with van der Waals surface area (Å²) in [7, 11) is 1.91. The summed E-state index contributed by atoms with van der Waals surface area (Å²) < 4.78 is 5.20. The van der Waals surface area contributed by atoms with Gasteiger partial charge in [0.15, 0.2) is 0 Å². The van der Waals surface area contributed by atoms with E-state index in [4.69, 9.17) is 0 Å². The number of carbonyl (C=O) groups is 1. The van der Waals surface area contributed by atoms with Crippen molar-refractivity contribution in [3.05, 3.63) is 76.1 Å². The van der Waals surface area contributed by atoms with Gasteiger partial charge in [-0.2, -0.15) is 5.10 Å². The third-order valence-electron chi connectivity index (χ3n) is 4.88. The second kappa shape index (κ2) is 8.52. The lowest BCUT2D eigenvalue weighted by atomic mass is 10.1. The molecule has 0 radical (unpaired) electrons. The molecule has 0 fully saturated rings. The molecule has 2 N–H and O–H groups in total. The fourth-order valence-corrected chi connectivity index (χ4v) is 3.66. The number of rotatable bonds is 6. The summed E-state index contributed by atoms with van der Waals surface area (Å²) >= 11 is 1.54. The third kappa shape index (κ3) is 4.57. The lowest BCUT2D eigenvalue weighted by Gasteiger charge is -2.12. The van der Waals surface area contributed by atoms with E-state index in [0.29, 0.717) is 12.1 Å². The van der Waals surface area contributed by atoms with E-state index in [-0.39, 0.29) is 5.91 Å². The molecule has 3 rings (SSSR count). The van der Waals surface area contributed by atoms with E-state index in [1.54, 1.807) is 11.9 Å². The summed E-state index contributed by atoms with van der Waals surface area (Å²) in [5.74, 6) is -0.0916. The van der Waals surface area contributed by atoms with Crippen molar-refractivity contribution in [2.45, 2.75) is 39.1 Å². The van der Waals surface area contributed by atoms with Gasteiger partial charge in [0, 0.05) is 41.0 Å². The molecule has 1 heterocycles. The van der Waals surface area contributed by atoms with Gasteiger partial charge >= 0.3 is 0 Å². The molecule has 1 aromatic heterocycles. The van der Waals surface area contributed by atoms with E-state index in [1.165, 1.54) is 5.56 Å². The second-order valence-electron chi connectivity index (χ2n) is 7.00. The maximum atomic E-state index is 12.6. The minimum absolute atomic E-state index is 0.0916. The monoisotopic (exact) mass is 394 g/mol. The molecule has 0 aliphatic carbocycles. The van der Waals surface area contributed by atoms with Crippen molar-refractivity contribution in [3.8, 4) is 0 Å². The molecule has 0 aliphatic heterocycles. The zero-order chi connectivity index (χ0) is 20.3. The van der Waals surface area contributed by atoms with Gasteiger partial charge in [0.25, 0.3) is 5.91 Å². The number of anilines is 1. The van der Waals surface area contributed by atoms with Crippen LogP contribution in [-0.4, -0.2) is 15.7 Å². The van der Waals surface area contributed by atoms with Crippen LogP contribution < -0.4 is 10.0 Å². The first-order chi connectivity index (χ1) is 13.3. The predicted octanol–water partition coefficient (Wildman–Crippen LogP) is 4.70. The second-order valence-corrected chi connectivity index (χ2v) is 7.88. The molecular weight excluding hydrogens is 368 g/mol. The Morgan fingerprint density at radius 1 is 1.07 bits per heavy atom. The summed E-state index contributed by atoms with van der Waals surface area (Å²) in [5, 5.41) is 7.41. The molecule has 0 saturated heterocycles. The van der Waals surface area contributed by atoms with Crippen LogP contribution in [0.1, 0.15) is 38.4 Å². The Morgan fingerprint density at radius 2 is 1.79 bits per heavy atom. The average molecular weight is 395 g/mol. The van der Waals surface area contributed by atoms with Crippen molar-refractivity contribution in [3.63, 3.8) is 0 Å². The Bertz CT molecular complexity index is 993. The summed E-state index contributed by atoms with van der Waals surface area (Å²) in [4.78, 5) is 13.8. The van der Waals surface area contributed by atoms with E-state index in [9.17, 15) is 4.79 Å². The van der Waals surface area contributed by atoms with Gasteiger partial charge in [0.1, 0.15) is 0 Å². The van der Waals surface area contributed by atoms with Crippen molar-refractivity contribution in [1.29, 1.82) is 0 Å². The first-order valence-corrected chi connectivity index (χ1v) is 10.0. The van der Waals surface area contributed by atoms with Crippen LogP contribution in [0.25, 0.3) is 0 Å². The Labute approximate surface area is 170 Å². The zero-order valence-electron chi connectivity index (χ0n) is 17.0. The number of carbonyl (C=O) groups excluding carboxylic acids is 1. The quantitative estimate of drug-likeness (QED) is 0.595. The van der Waals surface area contributed by atoms with Crippen molar-refractivity contribution in [1.82, 2.24) is 15.1 Å². The van der Waals surface area contributed by atoms with Crippen LogP contribution >= 0.6 is 11.9 Å². The number of nitrogens with one attached hydrogen (secondary N) is 2. The fraction of sp³-hybridized carbons (Fsp3) is 0.273. The Balaban J connectivity index is 1.67. The molecule has 0 saturated carbocycles. The lowest BCUT2D eigenvalue weighted by Crippen LogP contribution is -2.23. The lowest BCUT2D eigenvalue weighted by molar-refractivity contribution is 0.0951. The predicted molar refractivity (Wildman–Crippen MR) is 116 cm³/mol. The van der Waals surface area contributed by atoms with Crippen molar-refractivity contribution in [2.24, 2.45) is 7.05 Å². The average Bonchev–Trinajstić information content (AvgIpc) is 2.92. The summed E-state index contributed by atoms with van der Waals surface area (Å²) in [6, 6.07) is 14.1. The summed E-state index contributed by atoms with van der Waals surface area (Å²) in [5.41, 5.74) is 6.98. The molecule has 5 nitrogen and oxygen atoms in total. The van der Waals surface area contributed by atoms with Crippen LogP contribution in [0.5, 0.6) is 0 Å². The van der Waals surface area contributed by atoms with Crippen molar-refractivity contribution < 1.29 is 4.79 Å². The number of aryl methyl sites for hydroxylation is 4. The smallest absolute Gasteiger partial charge is 0.251 e. The van der Waals surface area contributed by atoms with Crippen molar-refractivity contribution >= 4 is 23.5 Å². The van der Waals surface area contributed by atoms with Crippen LogP contribution in [0.15, 0.2) is 47.4 Å². The minimum Gasteiger partial charge on any atom is -0.348 e. The molecule has 2 aromatic carbocycles. The van der Waals surface area contributed by atoms with Gasteiger partial charge in [-0.05, 0) is 69.5 Å². The molecular formula is C22H26N4OS. The largest absolute Gasteiger partial charge is 0.348 e. The number of hydrogen-bond acceptors (Lipinski definition) is 4. The molecule has 3 aromatic rings. The normalized spacial score (nSPS) is 10.8. The SMILES string of the molecule is Cc1ccc(SNc2cc(C(=O)NCc3c(C)nn(C)c3C)ccc2C)cc1. The van der Waals surface area contributed by atoms with Crippen molar-refractivity contribution in [2.75, 3.05) is 4.72 Å². The highest BCUT2D eigenvalue weighted by molar-refractivity contribution is 8.00. The molecule has 0 aliphatic rings. The molecule has 0 atom stereocenters. The van der Waals surface area contributed by atoms with Crippen LogP contribution in [0, 0.1) is 27.7 Å². The van der Waals surface area contributed by atoms with Gasteiger partial charge in [0.2, 0.25) is 0 Å². The summed E-state index contributed by atoms with van der Waals surface area (Å²) in [6.45, 7) is 8.55. The number of hydrogen-bond donors (Lipinski definition) is 2. The van der Waals surface area contributed by atoms with Crippen LogP contribution in [-0.2, 0) is 13.6 Å². The molecule has 1 amide bonds. The van der Waals surface area contributed by atoms with E-state index in [2.05, 4.69) is 46.3 Å². The van der Waals surface area contributed by atoms with Gasteiger partial charge in [-0.15, -0.1) is 0 Å². The van der Waals surface area contributed by atoms with Crippen LogP contribution in [0.2, 0.25) is 0 Å². The topological polar surface area (TPSA) is 59.0 Å². The highest BCUT2D eigenvalue weighted by Gasteiger charge is 2.12. The van der Waals surface area contributed by atoms with Gasteiger partial charge < -0.3 is 10.0 Å². The minimum atomic E-state index is -0.0916. The summed E-state index contributed by atoms with van der Waals surface area (Å²) in [6.07, 6.45) is 0. The molecule has 0 spiro atoms. The van der Waals surface area contributed by atoms with Crippen LogP contribution in [0.4, 0.5) is 5.69 Å². The Hall–Kier alpha value is -2.73. The first-order valence-electron chi connectivity index (χ1n) is 9.22. The highest BCUT2D eigenvalue weighted by atomic mass is 32.2. The highest BCUT2D eigenvalue weighted by Crippen LogP contribution is 2.25. The van der Waals surface area contributed by atoms with Gasteiger partial charge in [0.05, 0.1) is 5.69 Å². The molecule has 0 bridgehead atoms. The zero-order valence-corrected chi connectivity index (χ0v) is 17.8.